The van der Waals surface area contributed by atoms with Crippen LogP contribution in [0, 0.1) is 0 Å². The second-order valence-corrected chi connectivity index (χ2v) is 6.53. The van der Waals surface area contributed by atoms with Crippen molar-refractivity contribution >= 4 is 43.9 Å². The number of carbonyl (C=O) groups excluding carboxylic acids is 1. The van der Waals surface area contributed by atoms with Gasteiger partial charge >= 0.3 is 6.18 Å². The number of nitrogens with zero attached hydrogens (tertiary/aromatic N) is 3. The third-order valence-corrected chi connectivity index (χ3v) is 4.63. The summed E-state index contributed by atoms with van der Waals surface area (Å²) in [7, 11) is 0. The maximum atomic E-state index is 12.7. The van der Waals surface area contributed by atoms with Crippen molar-refractivity contribution in [1.29, 1.82) is 0 Å². The number of benzene rings is 1. The highest BCUT2D eigenvalue weighted by atomic mass is 32.1. The largest absolute Gasteiger partial charge is 0.416 e. The van der Waals surface area contributed by atoms with Crippen LogP contribution in [0.15, 0.2) is 23.7 Å². The molecule has 0 radical (unpaired) electrons. The lowest BCUT2D eigenvalue weighted by Gasteiger charge is -2.04. The van der Waals surface area contributed by atoms with Crippen LogP contribution in [-0.4, -0.2) is 21.1 Å². The minimum atomic E-state index is -4.39. The Morgan fingerprint density at radius 1 is 1.30 bits per heavy atom. The van der Waals surface area contributed by atoms with E-state index in [9.17, 15) is 18.0 Å². The normalized spacial score (nSPS) is 11.8. The van der Waals surface area contributed by atoms with E-state index in [2.05, 4.69) is 20.5 Å². The van der Waals surface area contributed by atoms with Gasteiger partial charge in [0.2, 0.25) is 11.0 Å². The summed E-state index contributed by atoms with van der Waals surface area (Å²) in [5.74, 6) is -0.239. The summed E-state index contributed by atoms with van der Waals surface area (Å²) in [5, 5.41) is 10.9. The van der Waals surface area contributed by atoms with Gasteiger partial charge in [-0.2, -0.15) is 13.2 Å². The predicted octanol–water partition coefficient (Wildman–Crippen LogP) is 3.74. The highest BCUT2D eigenvalue weighted by Crippen LogP contribution is 2.33. The number of hydrogen-bond donors (Lipinski definition) is 1. The van der Waals surface area contributed by atoms with Crippen LogP contribution in [0.5, 0.6) is 0 Å². The van der Waals surface area contributed by atoms with E-state index >= 15 is 0 Å². The van der Waals surface area contributed by atoms with Gasteiger partial charge in [0, 0.05) is 12.8 Å². The maximum absolute atomic E-state index is 12.7. The number of alkyl halides is 3. The second-order valence-electron chi connectivity index (χ2n) is 4.58. The molecule has 1 aromatic carbocycles. The van der Waals surface area contributed by atoms with Gasteiger partial charge in [-0.05, 0) is 18.2 Å². The number of halogens is 3. The molecule has 5 nitrogen and oxygen atoms in total. The van der Waals surface area contributed by atoms with Crippen molar-refractivity contribution in [3.8, 4) is 0 Å². The molecule has 120 valence electrons. The van der Waals surface area contributed by atoms with E-state index in [0.29, 0.717) is 26.8 Å². The molecule has 1 amide bonds. The Morgan fingerprint density at radius 2 is 2.13 bits per heavy atom. The molecule has 0 fully saturated rings. The number of amides is 1. The molecule has 0 aliphatic rings. The summed E-state index contributed by atoms with van der Waals surface area (Å²) in [6, 6.07) is 3.46. The van der Waals surface area contributed by atoms with Crippen molar-refractivity contribution in [2.45, 2.75) is 19.0 Å². The Labute approximate surface area is 136 Å². The summed E-state index contributed by atoms with van der Waals surface area (Å²) in [6.45, 7) is 0. The van der Waals surface area contributed by atoms with E-state index in [4.69, 9.17) is 0 Å². The zero-order valence-electron chi connectivity index (χ0n) is 11.4. The van der Waals surface area contributed by atoms with Gasteiger partial charge in [-0.25, -0.2) is 4.98 Å². The van der Waals surface area contributed by atoms with Crippen LogP contribution in [0.25, 0.3) is 10.2 Å². The predicted molar refractivity (Wildman–Crippen MR) is 81.5 cm³/mol. The summed E-state index contributed by atoms with van der Waals surface area (Å²) in [5.41, 5.74) is 1.07. The molecule has 0 aliphatic carbocycles. The number of thiazole rings is 1. The molecule has 3 aromatic rings. The molecule has 10 heteroatoms. The molecule has 0 unspecified atom stereocenters. The van der Waals surface area contributed by atoms with Crippen molar-refractivity contribution in [3.63, 3.8) is 0 Å². The average molecular weight is 358 g/mol. The molecule has 0 saturated carbocycles. The molecule has 3 rings (SSSR count). The Morgan fingerprint density at radius 3 is 2.83 bits per heavy atom. The monoisotopic (exact) mass is 358 g/mol. The smallest absolute Gasteiger partial charge is 0.301 e. The van der Waals surface area contributed by atoms with Crippen molar-refractivity contribution < 1.29 is 18.0 Å². The van der Waals surface area contributed by atoms with Gasteiger partial charge in [0.05, 0.1) is 20.8 Å². The summed E-state index contributed by atoms with van der Waals surface area (Å²) in [6.07, 6.45) is -3.86. The number of nitrogens with one attached hydrogen (secondary N) is 1. The van der Waals surface area contributed by atoms with Crippen LogP contribution in [0.1, 0.15) is 17.0 Å². The van der Waals surface area contributed by atoms with Crippen LogP contribution in [-0.2, 0) is 17.4 Å². The number of aromatic nitrogens is 3. The van der Waals surface area contributed by atoms with Crippen LogP contribution in [0.3, 0.4) is 0 Å². The van der Waals surface area contributed by atoms with Crippen LogP contribution < -0.4 is 5.32 Å². The molecule has 2 aromatic heterocycles. The lowest BCUT2D eigenvalue weighted by molar-refractivity contribution is -0.137. The molecular formula is C13H9F3N4OS2. The standard InChI is InChI=1S/C13H9F3N4OS2/c14-13(15,16)7-1-2-9-8(5-7)18-11(23-9)4-3-10(21)19-12-20-17-6-22-12/h1-2,5-6H,3-4H2,(H,19,20,21). The van der Waals surface area contributed by atoms with Crippen LogP contribution >= 0.6 is 22.7 Å². The molecule has 23 heavy (non-hydrogen) atoms. The first-order chi connectivity index (χ1) is 10.9. The summed E-state index contributed by atoms with van der Waals surface area (Å²) >= 11 is 2.49. The lowest BCUT2D eigenvalue weighted by Crippen LogP contribution is -2.12. The van der Waals surface area contributed by atoms with Gasteiger partial charge < -0.3 is 5.32 Å². The Balaban J connectivity index is 1.67. The van der Waals surface area contributed by atoms with E-state index in [-0.39, 0.29) is 12.3 Å². The quantitative estimate of drug-likeness (QED) is 0.771. The van der Waals surface area contributed by atoms with E-state index in [1.54, 1.807) is 0 Å². The van der Waals surface area contributed by atoms with Gasteiger partial charge in [0.25, 0.3) is 0 Å². The number of aryl methyl sites for hydroxylation is 1. The third kappa shape index (κ3) is 3.82. The lowest BCUT2D eigenvalue weighted by atomic mass is 10.2. The minimum Gasteiger partial charge on any atom is -0.301 e. The fraction of sp³-hybridized carbons (Fsp3) is 0.231. The molecular weight excluding hydrogens is 349 g/mol. The molecule has 0 spiro atoms. The zero-order chi connectivity index (χ0) is 16.4. The van der Waals surface area contributed by atoms with Gasteiger partial charge in [0.1, 0.15) is 5.51 Å². The van der Waals surface area contributed by atoms with Crippen molar-refractivity contribution in [3.05, 3.63) is 34.3 Å². The topological polar surface area (TPSA) is 67.8 Å². The third-order valence-electron chi connectivity index (χ3n) is 2.93. The highest BCUT2D eigenvalue weighted by molar-refractivity contribution is 7.18. The summed E-state index contributed by atoms with van der Waals surface area (Å²) < 4.78 is 38.7. The highest BCUT2D eigenvalue weighted by Gasteiger charge is 2.30. The fourth-order valence-electron chi connectivity index (χ4n) is 1.89. The molecule has 0 bridgehead atoms. The van der Waals surface area contributed by atoms with E-state index in [0.717, 1.165) is 12.1 Å². The van der Waals surface area contributed by atoms with Crippen molar-refractivity contribution in [2.75, 3.05) is 5.32 Å². The molecule has 0 atom stereocenters. The van der Waals surface area contributed by atoms with E-state index in [1.807, 2.05) is 0 Å². The first kappa shape index (κ1) is 15.8. The van der Waals surface area contributed by atoms with E-state index in [1.165, 1.54) is 34.3 Å². The Bertz CT molecular complexity index is 829. The second kappa shape index (κ2) is 6.20. The Hall–Kier alpha value is -2.07. The first-order valence-electron chi connectivity index (χ1n) is 6.44. The van der Waals surface area contributed by atoms with Gasteiger partial charge in [-0.15, -0.1) is 21.5 Å². The zero-order valence-corrected chi connectivity index (χ0v) is 13.1. The van der Waals surface area contributed by atoms with Gasteiger partial charge in [-0.1, -0.05) is 11.3 Å². The van der Waals surface area contributed by atoms with Crippen LogP contribution in [0.2, 0.25) is 0 Å². The SMILES string of the molecule is O=C(CCc1nc2cc(C(F)(F)F)ccc2s1)Nc1nncs1. The number of hydrogen-bond acceptors (Lipinski definition) is 6. The Kier molecular flexibility index (Phi) is 4.26. The van der Waals surface area contributed by atoms with Crippen molar-refractivity contribution in [1.82, 2.24) is 15.2 Å². The number of fused-ring (bicyclic) bond motifs is 1. The number of rotatable bonds is 4. The maximum Gasteiger partial charge on any atom is 0.416 e. The summed E-state index contributed by atoms with van der Waals surface area (Å²) in [4.78, 5) is 15.9. The minimum absolute atomic E-state index is 0.172. The van der Waals surface area contributed by atoms with Crippen LogP contribution in [0.4, 0.5) is 18.3 Å². The molecule has 1 N–H and O–H groups in total. The van der Waals surface area contributed by atoms with Gasteiger partial charge in [-0.3, -0.25) is 4.79 Å². The number of carbonyl (C=O) groups is 1. The molecule has 0 aliphatic heterocycles. The first-order valence-corrected chi connectivity index (χ1v) is 8.14. The van der Waals surface area contributed by atoms with Gasteiger partial charge in [0.15, 0.2) is 0 Å². The average Bonchev–Trinajstić information content (AvgIpc) is 3.11. The molecule has 2 heterocycles. The molecule has 0 saturated heterocycles. The van der Waals surface area contributed by atoms with Crippen molar-refractivity contribution in [2.24, 2.45) is 0 Å². The number of anilines is 1. The van der Waals surface area contributed by atoms with E-state index < -0.39 is 11.7 Å². The fourth-order valence-corrected chi connectivity index (χ4v) is 3.30.